The van der Waals surface area contributed by atoms with Gasteiger partial charge in [0.1, 0.15) is 0 Å². The molecule has 0 atom stereocenters. The van der Waals surface area contributed by atoms with Crippen molar-refractivity contribution in [2.75, 3.05) is 23.3 Å². The van der Waals surface area contributed by atoms with Gasteiger partial charge in [-0.1, -0.05) is 0 Å². The summed E-state index contributed by atoms with van der Waals surface area (Å²) in [7, 11) is 0. The topological polar surface area (TPSA) is 98.7 Å². The first-order chi connectivity index (χ1) is 12.0. The van der Waals surface area contributed by atoms with Crippen molar-refractivity contribution in [3.05, 3.63) is 23.8 Å². The number of rotatable bonds is 7. The predicted molar refractivity (Wildman–Crippen MR) is 93.7 cm³/mol. The summed E-state index contributed by atoms with van der Waals surface area (Å²) < 4.78 is 0. The average molecular weight is 345 g/mol. The molecule has 0 spiro atoms. The molecule has 1 aromatic carbocycles. The highest BCUT2D eigenvalue weighted by atomic mass is 16.4. The van der Waals surface area contributed by atoms with Crippen LogP contribution in [0.2, 0.25) is 0 Å². The van der Waals surface area contributed by atoms with Gasteiger partial charge in [-0.05, 0) is 55.4 Å². The quantitative estimate of drug-likeness (QED) is 0.661. The molecule has 1 heterocycles. The number of nitrogens with one attached hydrogen (secondary N) is 2. The van der Waals surface area contributed by atoms with Crippen molar-refractivity contribution >= 4 is 29.3 Å². The predicted octanol–water partition coefficient (Wildman–Crippen LogP) is 2.36. The highest BCUT2D eigenvalue weighted by Gasteiger charge is 2.30. The molecule has 3 rings (SSSR count). The second kappa shape index (κ2) is 7.55. The Morgan fingerprint density at radius 3 is 2.76 bits per heavy atom. The third-order valence-corrected chi connectivity index (χ3v) is 4.53. The number of aliphatic carboxylic acids is 1. The van der Waals surface area contributed by atoms with Gasteiger partial charge in [-0.3, -0.25) is 9.59 Å². The number of carboxylic acids is 1. The molecule has 3 N–H and O–H groups in total. The lowest BCUT2D eigenvalue weighted by molar-refractivity contribution is -0.137. The van der Waals surface area contributed by atoms with Crippen molar-refractivity contribution in [2.24, 2.45) is 5.92 Å². The van der Waals surface area contributed by atoms with Crippen molar-refractivity contribution in [1.82, 2.24) is 5.32 Å². The molecule has 2 aliphatic rings. The lowest BCUT2D eigenvalue weighted by atomic mass is 10.00. The summed E-state index contributed by atoms with van der Waals surface area (Å²) in [5.41, 5.74) is 2.70. The summed E-state index contributed by atoms with van der Waals surface area (Å²) in [4.78, 5) is 36.4. The highest BCUT2D eigenvalue weighted by molar-refractivity contribution is 5.97. The van der Waals surface area contributed by atoms with Gasteiger partial charge in [0.15, 0.2) is 0 Å². The van der Waals surface area contributed by atoms with E-state index in [1.165, 1.54) is 12.8 Å². The molecule has 1 fully saturated rings. The normalized spacial score (nSPS) is 16.3. The molecular weight excluding hydrogens is 322 g/mol. The van der Waals surface area contributed by atoms with E-state index in [1.807, 2.05) is 17.0 Å². The number of hydrogen-bond acceptors (Lipinski definition) is 3. The van der Waals surface area contributed by atoms with Crippen molar-refractivity contribution in [3.63, 3.8) is 0 Å². The Morgan fingerprint density at radius 2 is 2.04 bits per heavy atom. The Bertz CT molecular complexity index is 685. The molecule has 7 nitrogen and oxygen atoms in total. The number of hydrogen-bond donors (Lipinski definition) is 3. The monoisotopic (exact) mass is 345 g/mol. The molecule has 3 amide bonds. The smallest absolute Gasteiger partial charge is 0.319 e. The molecule has 0 radical (unpaired) electrons. The van der Waals surface area contributed by atoms with Gasteiger partial charge in [-0.2, -0.15) is 0 Å². The van der Waals surface area contributed by atoms with Crippen molar-refractivity contribution < 1.29 is 19.5 Å². The molecule has 7 heteroatoms. The van der Waals surface area contributed by atoms with Gasteiger partial charge in [0.2, 0.25) is 5.91 Å². The maximum Gasteiger partial charge on any atom is 0.319 e. The van der Waals surface area contributed by atoms with Crippen LogP contribution < -0.4 is 15.5 Å². The maximum atomic E-state index is 12.2. The van der Waals surface area contributed by atoms with E-state index < -0.39 is 5.97 Å². The molecule has 1 aliphatic heterocycles. The van der Waals surface area contributed by atoms with Crippen LogP contribution in [0, 0.1) is 5.92 Å². The Hall–Kier alpha value is -2.57. The van der Waals surface area contributed by atoms with E-state index in [1.54, 1.807) is 6.07 Å². The van der Waals surface area contributed by atoms with Crippen molar-refractivity contribution in [1.29, 1.82) is 0 Å². The van der Waals surface area contributed by atoms with Crippen LogP contribution in [0.25, 0.3) is 0 Å². The van der Waals surface area contributed by atoms with Gasteiger partial charge in [0.25, 0.3) is 0 Å². The van der Waals surface area contributed by atoms with Gasteiger partial charge >= 0.3 is 12.0 Å². The fraction of sp³-hybridized carbons (Fsp3) is 0.500. The summed E-state index contributed by atoms with van der Waals surface area (Å²) in [6.45, 7) is 1.11. The molecular formula is C18H23N3O4. The molecule has 134 valence electrons. The lowest BCUT2D eigenvalue weighted by Gasteiger charge is -2.30. The zero-order valence-electron chi connectivity index (χ0n) is 14.1. The zero-order valence-corrected chi connectivity index (χ0v) is 14.1. The maximum absolute atomic E-state index is 12.2. The van der Waals surface area contributed by atoms with Crippen LogP contribution in [-0.4, -0.2) is 36.1 Å². The van der Waals surface area contributed by atoms with Gasteiger partial charge in [0, 0.05) is 37.3 Å². The molecule has 0 bridgehead atoms. The number of carbonyl (C=O) groups excluding carboxylic acids is 2. The summed E-state index contributed by atoms with van der Waals surface area (Å²) >= 11 is 0. The van der Waals surface area contributed by atoms with Crippen LogP contribution in [0.4, 0.5) is 16.2 Å². The first kappa shape index (κ1) is 17.3. The highest BCUT2D eigenvalue weighted by Crippen LogP contribution is 2.36. The first-order valence-electron chi connectivity index (χ1n) is 8.73. The van der Waals surface area contributed by atoms with Crippen molar-refractivity contribution in [2.45, 2.75) is 38.5 Å². The third-order valence-electron chi connectivity index (χ3n) is 4.53. The molecule has 0 saturated heterocycles. The Kier molecular flexibility index (Phi) is 5.21. The van der Waals surface area contributed by atoms with E-state index in [2.05, 4.69) is 10.6 Å². The molecule has 0 aromatic heterocycles. The number of nitrogens with zero attached hydrogens (tertiary/aromatic N) is 1. The Balaban J connectivity index is 1.58. The van der Waals surface area contributed by atoms with E-state index in [0.29, 0.717) is 37.4 Å². The lowest BCUT2D eigenvalue weighted by Crippen LogP contribution is -2.36. The van der Waals surface area contributed by atoms with E-state index in [9.17, 15) is 14.4 Å². The Labute approximate surface area is 146 Å². The summed E-state index contributed by atoms with van der Waals surface area (Å²) in [6.07, 6.45) is 4.01. The fourth-order valence-electron chi connectivity index (χ4n) is 3.01. The number of carbonyl (C=O) groups is 3. The number of benzene rings is 1. The van der Waals surface area contributed by atoms with Crippen molar-refractivity contribution in [3.8, 4) is 0 Å². The SMILES string of the molecule is O=C(O)CCCNC(=O)Nc1ccc2c(c1)CCC(=O)N2CC1CC1. The third kappa shape index (κ3) is 4.71. The summed E-state index contributed by atoms with van der Waals surface area (Å²) in [6, 6.07) is 5.26. The summed E-state index contributed by atoms with van der Waals surface area (Å²) in [5, 5.41) is 14.0. The summed E-state index contributed by atoms with van der Waals surface area (Å²) in [5.74, 6) is -0.0669. The number of aryl methyl sites for hydroxylation is 1. The average Bonchev–Trinajstić information content (AvgIpc) is 3.38. The minimum absolute atomic E-state index is 0.0317. The van der Waals surface area contributed by atoms with Crippen LogP contribution in [0.3, 0.4) is 0 Å². The number of fused-ring (bicyclic) bond motifs is 1. The van der Waals surface area contributed by atoms with Gasteiger partial charge in [-0.25, -0.2) is 4.79 Å². The van der Waals surface area contributed by atoms with Crippen LogP contribution in [0.15, 0.2) is 18.2 Å². The zero-order chi connectivity index (χ0) is 17.8. The van der Waals surface area contributed by atoms with Gasteiger partial charge in [0.05, 0.1) is 0 Å². The van der Waals surface area contributed by atoms with E-state index in [0.717, 1.165) is 17.8 Å². The standard InChI is InChI=1S/C18H23N3O4/c22-16-8-5-13-10-14(20-18(25)19-9-1-2-17(23)24)6-7-15(13)21(16)11-12-3-4-12/h6-7,10,12H,1-5,8-9,11H2,(H,23,24)(H2,19,20,25). The number of amides is 3. The number of carboxylic acid groups (broad SMARTS) is 1. The molecule has 25 heavy (non-hydrogen) atoms. The van der Waals surface area contributed by atoms with Gasteiger partial charge < -0.3 is 20.6 Å². The molecule has 1 aliphatic carbocycles. The van der Waals surface area contributed by atoms with E-state index >= 15 is 0 Å². The second-order valence-electron chi connectivity index (χ2n) is 6.67. The molecule has 1 saturated carbocycles. The van der Waals surface area contributed by atoms with Crippen LogP contribution in [0.1, 0.15) is 37.7 Å². The number of anilines is 2. The minimum Gasteiger partial charge on any atom is -0.481 e. The van der Waals surface area contributed by atoms with Gasteiger partial charge in [-0.15, -0.1) is 0 Å². The molecule has 1 aromatic rings. The van der Waals surface area contributed by atoms with Crippen LogP contribution in [0.5, 0.6) is 0 Å². The first-order valence-corrected chi connectivity index (χ1v) is 8.73. The fourth-order valence-corrected chi connectivity index (χ4v) is 3.01. The van der Waals surface area contributed by atoms with E-state index in [4.69, 9.17) is 5.11 Å². The number of urea groups is 1. The molecule has 0 unspecified atom stereocenters. The largest absolute Gasteiger partial charge is 0.481 e. The second-order valence-corrected chi connectivity index (χ2v) is 6.67. The van der Waals surface area contributed by atoms with Crippen LogP contribution >= 0.6 is 0 Å². The minimum atomic E-state index is -0.873. The van der Waals surface area contributed by atoms with Crippen LogP contribution in [-0.2, 0) is 16.0 Å². The Morgan fingerprint density at radius 1 is 1.24 bits per heavy atom. The van der Waals surface area contributed by atoms with E-state index in [-0.39, 0.29) is 18.4 Å².